The highest BCUT2D eigenvalue weighted by Crippen LogP contribution is 2.37. The van der Waals surface area contributed by atoms with Crippen molar-refractivity contribution < 1.29 is 14.3 Å². The Morgan fingerprint density at radius 3 is 2.50 bits per heavy atom. The van der Waals surface area contributed by atoms with Gasteiger partial charge in [-0.2, -0.15) is 0 Å². The molecule has 1 unspecified atom stereocenters. The SMILES string of the molecule is CC(CI)c1nc(C2CCCCC2)cc(-c2ccc(F)cc2)c1C(=O)O. The fourth-order valence-electron chi connectivity index (χ4n) is 3.70. The number of halogens is 2. The van der Waals surface area contributed by atoms with Crippen LogP contribution in [0.3, 0.4) is 0 Å². The van der Waals surface area contributed by atoms with Crippen LogP contribution < -0.4 is 0 Å². The Hall–Kier alpha value is -1.50. The van der Waals surface area contributed by atoms with Crippen LogP contribution in [0.4, 0.5) is 4.39 Å². The molecule has 1 aromatic heterocycles. The van der Waals surface area contributed by atoms with Crippen molar-refractivity contribution in [1.29, 1.82) is 0 Å². The molecule has 138 valence electrons. The smallest absolute Gasteiger partial charge is 0.338 e. The summed E-state index contributed by atoms with van der Waals surface area (Å²) in [6.07, 6.45) is 5.83. The minimum Gasteiger partial charge on any atom is -0.478 e. The molecule has 1 fully saturated rings. The van der Waals surface area contributed by atoms with E-state index in [0.29, 0.717) is 17.2 Å². The summed E-state index contributed by atoms with van der Waals surface area (Å²) in [4.78, 5) is 16.9. The Morgan fingerprint density at radius 2 is 1.92 bits per heavy atom. The number of hydrogen-bond acceptors (Lipinski definition) is 2. The molecule has 1 aliphatic carbocycles. The first-order valence-corrected chi connectivity index (χ1v) is 10.6. The van der Waals surface area contributed by atoms with Gasteiger partial charge in [0.2, 0.25) is 0 Å². The molecule has 1 heterocycles. The van der Waals surface area contributed by atoms with Crippen LogP contribution in [0.15, 0.2) is 30.3 Å². The van der Waals surface area contributed by atoms with Crippen molar-refractivity contribution in [3.05, 3.63) is 53.1 Å². The van der Waals surface area contributed by atoms with Gasteiger partial charge in [-0.25, -0.2) is 9.18 Å². The standard InChI is InChI=1S/C21H23FINO2/c1-13(12-23)20-19(21(25)26)17(14-7-9-16(22)10-8-14)11-18(24-20)15-5-3-2-4-6-15/h7-11,13,15H,2-6,12H2,1H3,(H,25,26). The molecule has 1 saturated carbocycles. The molecule has 3 rings (SSSR count). The van der Waals surface area contributed by atoms with Crippen LogP contribution in [0, 0.1) is 5.82 Å². The number of hydrogen-bond donors (Lipinski definition) is 1. The van der Waals surface area contributed by atoms with Gasteiger partial charge in [-0.1, -0.05) is 60.9 Å². The van der Waals surface area contributed by atoms with Crippen LogP contribution in [-0.4, -0.2) is 20.5 Å². The van der Waals surface area contributed by atoms with E-state index in [1.807, 2.05) is 13.0 Å². The second kappa shape index (κ2) is 8.46. The Bertz CT molecular complexity index is 785. The fourth-order valence-corrected chi connectivity index (χ4v) is 4.12. The third kappa shape index (κ3) is 4.08. The third-order valence-corrected chi connectivity index (χ3v) is 6.48. The fraction of sp³-hybridized carbons (Fsp3) is 0.429. The zero-order chi connectivity index (χ0) is 18.7. The second-order valence-electron chi connectivity index (χ2n) is 7.06. The first-order valence-electron chi connectivity index (χ1n) is 9.11. The summed E-state index contributed by atoms with van der Waals surface area (Å²) >= 11 is 2.27. The highest BCUT2D eigenvalue weighted by Gasteiger charge is 2.26. The molecule has 1 aliphatic rings. The van der Waals surface area contributed by atoms with Gasteiger partial charge >= 0.3 is 5.97 Å². The van der Waals surface area contributed by atoms with Gasteiger partial charge in [0, 0.05) is 22.0 Å². The largest absolute Gasteiger partial charge is 0.478 e. The predicted molar refractivity (Wildman–Crippen MR) is 110 cm³/mol. The Morgan fingerprint density at radius 1 is 1.27 bits per heavy atom. The van der Waals surface area contributed by atoms with Crippen molar-refractivity contribution in [2.75, 3.05) is 4.43 Å². The normalized spacial score (nSPS) is 16.4. The lowest BCUT2D eigenvalue weighted by atomic mass is 9.84. The van der Waals surface area contributed by atoms with Crippen molar-refractivity contribution in [3.63, 3.8) is 0 Å². The van der Waals surface area contributed by atoms with Gasteiger partial charge in [0.05, 0.1) is 11.3 Å². The van der Waals surface area contributed by atoms with Crippen molar-refractivity contribution in [3.8, 4) is 11.1 Å². The average molecular weight is 467 g/mol. The van der Waals surface area contributed by atoms with E-state index >= 15 is 0 Å². The number of benzene rings is 1. The summed E-state index contributed by atoms with van der Waals surface area (Å²) in [7, 11) is 0. The maximum atomic E-state index is 13.4. The quantitative estimate of drug-likeness (QED) is 0.423. The molecule has 0 saturated heterocycles. The van der Waals surface area contributed by atoms with Crippen LogP contribution in [-0.2, 0) is 0 Å². The van der Waals surface area contributed by atoms with Crippen molar-refractivity contribution in [2.45, 2.75) is 50.9 Å². The van der Waals surface area contributed by atoms with Crippen LogP contribution in [0.25, 0.3) is 11.1 Å². The molecule has 0 radical (unpaired) electrons. The molecule has 26 heavy (non-hydrogen) atoms. The molecule has 1 N–H and O–H groups in total. The number of carboxylic acid groups (broad SMARTS) is 1. The summed E-state index contributed by atoms with van der Waals surface area (Å²) in [6, 6.07) is 7.99. The lowest BCUT2D eigenvalue weighted by molar-refractivity contribution is 0.0695. The zero-order valence-corrected chi connectivity index (χ0v) is 17.0. The molecule has 5 heteroatoms. The minimum absolute atomic E-state index is 0.0458. The molecule has 1 aromatic carbocycles. The van der Waals surface area contributed by atoms with E-state index in [4.69, 9.17) is 4.98 Å². The first-order chi connectivity index (χ1) is 12.5. The lowest BCUT2D eigenvalue weighted by Gasteiger charge is -2.24. The lowest BCUT2D eigenvalue weighted by Crippen LogP contribution is -2.15. The topological polar surface area (TPSA) is 50.2 Å². The number of aromatic carboxylic acids is 1. The van der Waals surface area contributed by atoms with E-state index in [9.17, 15) is 14.3 Å². The van der Waals surface area contributed by atoms with Crippen LogP contribution in [0.2, 0.25) is 0 Å². The van der Waals surface area contributed by atoms with E-state index in [1.165, 1.54) is 31.4 Å². The van der Waals surface area contributed by atoms with Gasteiger partial charge in [-0.05, 0) is 42.2 Å². The van der Waals surface area contributed by atoms with Crippen molar-refractivity contribution >= 4 is 28.6 Å². The highest BCUT2D eigenvalue weighted by atomic mass is 127. The molecule has 3 nitrogen and oxygen atoms in total. The number of pyridine rings is 1. The minimum atomic E-state index is -0.973. The molecule has 0 aliphatic heterocycles. The molecule has 0 amide bonds. The molecule has 1 atom stereocenters. The number of carboxylic acids is 1. The predicted octanol–water partition coefficient (Wildman–Crippen LogP) is 6.17. The van der Waals surface area contributed by atoms with Gasteiger partial charge in [0.1, 0.15) is 5.82 Å². The zero-order valence-electron chi connectivity index (χ0n) is 14.8. The van der Waals surface area contributed by atoms with Gasteiger partial charge in [-0.15, -0.1) is 0 Å². The van der Waals surface area contributed by atoms with Gasteiger partial charge < -0.3 is 5.11 Å². The summed E-state index contributed by atoms with van der Waals surface area (Å²) < 4.78 is 14.2. The molecule has 0 bridgehead atoms. The third-order valence-electron chi connectivity index (χ3n) is 5.16. The van der Waals surface area contributed by atoms with E-state index in [0.717, 1.165) is 28.5 Å². The number of rotatable bonds is 5. The second-order valence-corrected chi connectivity index (χ2v) is 7.94. The van der Waals surface area contributed by atoms with Crippen molar-refractivity contribution in [1.82, 2.24) is 4.98 Å². The van der Waals surface area contributed by atoms with Gasteiger partial charge in [0.15, 0.2) is 0 Å². The highest BCUT2D eigenvalue weighted by molar-refractivity contribution is 14.1. The van der Waals surface area contributed by atoms with Gasteiger partial charge in [-0.3, -0.25) is 4.98 Å². The summed E-state index contributed by atoms with van der Waals surface area (Å²) in [5.41, 5.74) is 3.26. The van der Waals surface area contributed by atoms with Crippen LogP contribution in [0.5, 0.6) is 0 Å². The molecular formula is C21H23FINO2. The molecule has 2 aromatic rings. The van der Waals surface area contributed by atoms with Crippen LogP contribution >= 0.6 is 22.6 Å². The first kappa shape index (κ1) is 19.3. The van der Waals surface area contributed by atoms with Gasteiger partial charge in [0.25, 0.3) is 0 Å². The molecular weight excluding hydrogens is 444 g/mol. The maximum Gasteiger partial charge on any atom is 0.338 e. The Balaban J connectivity index is 2.20. The summed E-state index contributed by atoms with van der Waals surface area (Å²) in [5.74, 6) is -0.873. The number of alkyl halides is 1. The maximum absolute atomic E-state index is 13.4. The van der Waals surface area contributed by atoms with E-state index in [1.54, 1.807) is 12.1 Å². The number of nitrogens with zero attached hydrogens (tertiary/aromatic N) is 1. The number of aromatic nitrogens is 1. The monoisotopic (exact) mass is 467 g/mol. The Kier molecular flexibility index (Phi) is 6.27. The Labute approximate surface area is 167 Å². The summed E-state index contributed by atoms with van der Waals surface area (Å²) in [6.45, 7) is 2.01. The number of carbonyl (C=O) groups is 1. The van der Waals surface area contributed by atoms with Crippen molar-refractivity contribution in [2.24, 2.45) is 0 Å². The average Bonchev–Trinajstić information content (AvgIpc) is 2.67. The van der Waals surface area contributed by atoms with E-state index < -0.39 is 5.97 Å². The van der Waals surface area contributed by atoms with E-state index in [-0.39, 0.29) is 17.3 Å². The van der Waals surface area contributed by atoms with E-state index in [2.05, 4.69) is 22.6 Å². The molecule has 0 spiro atoms. The van der Waals surface area contributed by atoms with Crippen LogP contribution in [0.1, 0.15) is 72.6 Å². The summed E-state index contributed by atoms with van der Waals surface area (Å²) in [5, 5.41) is 9.89.